The van der Waals surface area contributed by atoms with Crippen molar-refractivity contribution in [2.45, 2.75) is 50.3 Å². The van der Waals surface area contributed by atoms with Crippen LogP contribution in [-0.2, 0) is 21.3 Å². The summed E-state index contributed by atoms with van der Waals surface area (Å²) in [5.74, 6) is 0. The fraction of sp³-hybridized carbons (Fsp3) is 0.600. The van der Waals surface area contributed by atoms with Crippen molar-refractivity contribution in [3.63, 3.8) is 0 Å². The highest BCUT2D eigenvalue weighted by atomic mass is 32.2. The number of rotatable bonds is 9. The topological polar surface area (TPSA) is 67.4 Å². The molecular weight excluding hydrogens is 288 g/mol. The van der Waals surface area contributed by atoms with Crippen LogP contribution >= 0.6 is 0 Å². The van der Waals surface area contributed by atoms with Crippen LogP contribution in [0.3, 0.4) is 0 Å². The Morgan fingerprint density at radius 2 is 2.05 bits per heavy atom. The molecule has 0 saturated heterocycles. The maximum Gasteiger partial charge on any atom is 0.240 e. The molecule has 118 valence electrons. The third-order valence-electron chi connectivity index (χ3n) is 3.43. The molecule has 1 fully saturated rings. The standard InChI is InChI=1S/C15H24N2O3S/c1-3-20-12(2)10-17-21(18,19)15-7-5-4-6-13(15)11-16-14-8-9-14/h4-7,12,14,16-17H,3,8-11H2,1-2H3. The third kappa shape index (κ3) is 5.07. The van der Waals surface area contributed by atoms with Gasteiger partial charge in [0, 0.05) is 25.7 Å². The Bertz CT molecular complexity index is 556. The molecule has 0 radical (unpaired) electrons. The third-order valence-corrected chi connectivity index (χ3v) is 4.96. The summed E-state index contributed by atoms with van der Waals surface area (Å²) in [6, 6.07) is 7.67. The molecule has 0 heterocycles. The fourth-order valence-electron chi connectivity index (χ4n) is 2.10. The Morgan fingerprint density at radius 1 is 1.33 bits per heavy atom. The fourth-order valence-corrected chi connectivity index (χ4v) is 3.45. The first-order valence-electron chi connectivity index (χ1n) is 7.45. The Morgan fingerprint density at radius 3 is 2.71 bits per heavy atom. The molecule has 1 aromatic carbocycles. The van der Waals surface area contributed by atoms with Crippen LogP contribution in [0, 0.1) is 0 Å². The van der Waals surface area contributed by atoms with Gasteiger partial charge in [0.05, 0.1) is 11.0 Å². The van der Waals surface area contributed by atoms with Gasteiger partial charge >= 0.3 is 0 Å². The van der Waals surface area contributed by atoms with Crippen molar-refractivity contribution >= 4 is 10.0 Å². The van der Waals surface area contributed by atoms with E-state index in [9.17, 15) is 8.42 Å². The highest BCUT2D eigenvalue weighted by molar-refractivity contribution is 7.89. The smallest absolute Gasteiger partial charge is 0.240 e. The molecule has 6 heteroatoms. The van der Waals surface area contributed by atoms with E-state index in [2.05, 4.69) is 10.0 Å². The lowest BCUT2D eigenvalue weighted by molar-refractivity contribution is 0.0799. The van der Waals surface area contributed by atoms with Crippen molar-refractivity contribution in [2.75, 3.05) is 13.2 Å². The van der Waals surface area contributed by atoms with Crippen molar-refractivity contribution < 1.29 is 13.2 Å². The van der Waals surface area contributed by atoms with Crippen molar-refractivity contribution in [1.82, 2.24) is 10.0 Å². The Kier molecular flexibility index (Phi) is 5.75. The van der Waals surface area contributed by atoms with Crippen molar-refractivity contribution in [1.29, 1.82) is 0 Å². The highest BCUT2D eigenvalue weighted by Crippen LogP contribution is 2.21. The zero-order valence-corrected chi connectivity index (χ0v) is 13.4. The molecule has 0 amide bonds. The molecule has 2 rings (SSSR count). The summed E-state index contributed by atoms with van der Waals surface area (Å²) in [4.78, 5) is 0.349. The SMILES string of the molecule is CCOC(C)CNS(=O)(=O)c1ccccc1CNC1CC1. The van der Waals surface area contributed by atoms with E-state index in [0.717, 1.165) is 5.56 Å². The lowest BCUT2D eigenvalue weighted by Crippen LogP contribution is -2.33. The van der Waals surface area contributed by atoms with Gasteiger partial charge in [-0.25, -0.2) is 13.1 Å². The monoisotopic (exact) mass is 312 g/mol. The first kappa shape index (κ1) is 16.4. The molecular formula is C15H24N2O3S. The Labute approximate surface area is 127 Å². The number of ether oxygens (including phenoxy) is 1. The molecule has 2 N–H and O–H groups in total. The largest absolute Gasteiger partial charge is 0.377 e. The van der Waals surface area contributed by atoms with Gasteiger partial charge in [-0.1, -0.05) is 18.2 Å². The summed E-state index contributed by atoms with van der Waals surface area (Å²) in [5, 5.41) is 3.35. The zero-order chi connectivity index (χ0) is 15.3. The first-order valence-corrected chi connectivity index (χ1v) is 8.94. The van der Waals surface area contributed by atoms with E-state index in [-0.39, 0.29) is 12.6 Å². The van der Waals surface area contributed by atoms with Crippen LogP contribution < -0.4 is 10.0 Å². The van der Waals surface area contributed by atoms with Crippen LogP contribution in [0.4, 0.5) is 0 Å². The van der Waals surface area contributed by atoms with Gasteiger partial charge in [0.25, 0.3) is 0 Å². The molecule has 1 atom stereocenters. The highest BCUT2D eigenvalue weighted by Gasteiger charge is 2.23. The van der Waals surface area contributed by atoms with Gasteiger partial charge in [0.2, 0.25) is 10.0 Å². The average Bonchev–Trinajstić information content (AvgIpc) is 3.28. The molecule has 1 unspecified atom stereocenters. The first-order chi connectivity index (χ1) is 10.0. The van der Waals surface area contributed by atoms with Gasteiger partial charge < -0.3 is 10.1 Å². The number of sulfonamides is 1. The lowest BCUT2D eigenvalue weighted by atomic mass is 10.2. The number of hydrogen-bond donors (Lipinski definition) is 2. The van der Waals surface area contributed by atoms with E-state index >= 15 is 0 Å². The molecule has 0 spiro atoms. The van der Waals surface area contributed by atoms with Gasteiger partial charge in [-0.05, 0) is 38.3 Å². The van der Waals surface area contributed by atoms with Gasteiger partial charge in [-0.15, -0.1) is 0 Å². The molecule has 0 bridgehead atoms. The quantitative estimate of drug-likeness (QED) is 0.727. The van der Waals surface area contributed by atoms with Crippen LogP contribution in [0.15, 0.2) is 29.2 Å². The Balaban J connectivity index is 2.03. The average molecular weight is 312 g/mol. The minimum absolute atomic E-state index is 0.137. The molecule has 1 saturated carbocycles. The van der Waals surface area contributed by atoms with E-state index in [1.807, 2.05) is 26.0 Å². The summed E-state index contributed by atoms with van der Waals surface area (Å²) in [7, 11) is -3.50. The maximum absolute atomic E-state index is 12.4. The van der Waals surface area contributed by atoms with Crippen LogP contribution in [-0.4, -0.2) is 33.7 Å². The van der Waals surface area contributed by atoms with E-state index in [4.69, 9.17) is 4.74 Å². The molecule has 1 aliphatic rings. The van der Waals surface area contributed by atoms with Gasteiger partial charge in [-0.3, -0.25) is 0 Å². The molecule has 0 aromatic heterocycles. The molecule has 1 aromatic rings. The van der Waals surface area contributed by atoms with Gasteiger partial charge in [-0.2, -0.15) is 0 Å². The second kappa shape index (κ2) is 7.35. The summed E-state index contributed by atoms with van der Waals surface area (Å²) in [6.07, 6.45) is 2.22. The summed E-state index contributed by atoms with van der Waals surface area (Å²) in [6.45, 7) is 5.19. The van der Waals surface area contributed by atoms with Crippen LogP contribution in [0.25, 0.3) is 0 Å². The van der Waals surface area contributed by atoms with E-state index < -0.39 is 10.0 Å². The Hall–Kier alpha value is -0.950. The van der Waals surface area contributed by atoms with E-state index in [1.54, 1.807) is 12.1 Å². The van der Waals surface area contributed by atoms with E-state index in [1.165, 1.54) is 12.8 Å². The minimum Gasteiger partial charge on any atom is -0.377 e. The maximum atomic E-state index is 12.4. The van der Waals surface area contributed by atoms with Crippen LogP contribution in [0.1, 0.15) is 32.3 Å². The van der Waals surface area contributed by atoms with Crippen molar-refractivity contribution in [2.24, 2.45) is 0 Å². The van der Waals surface area contributed by atoms with E-state index in [0.29, 0.717) is 24.1 Å². The number of benzene rings is 1. The lowest BCUT2D eigenvalue weighted by Gasteiger charge is -2.15. The van der Waals surface area contributed by atoms with Crippen LogP contribution in [0.2, 0.25) is 0 Å². The second-order valence-electron chi connectivity index (χ2n) is 5.38. The summed E-state index contributed by atoms with van der Waals surface area (Å²) in [5.41, 5.74) is 0.806. The van der Waals surface area contributed by atoms with Crippen molar-refractivity contribution in [3.8, 4) is 0 Å². The molecule has 5 nitrogen and oxygen atoms in total. The minimum atomic E-state index is -3.50. The predicted molar refractivity (Wildman–Crippen MR) is 82.6 cm³/mol. The van der Waals surface area contributed by atoms with Gasteiger partial charge in [0.15, 0.2) is 0 Å². The normalized spacial score (nSPS) is 16.9. The second-order valence-corrected chi connectivity index (χ2v) is 7.12. The zero-order valence-electron chi connectivity index (χ0n) is 12.6. The number of nitrogens with one attached hydrogen (secondary N) is 2. The predicted octanol–water partition coefficient (Wildman–Crippen LogP) is 1.64. The summed E-state index contributed by atoms with van der Waals surface area (Å²) < 4.78 is 32.8. The van der Waals surface area contributed by atoms with Gasteiger partial charge in [0.1, 0.15) is 0 Å². The molecule has 0 aliphatic heterocycles. The molecule has 1 aliphatic carbocycles. The molecule has 21 heavy (non-hydrogen) atoms. The number of hydrogen-bond acceptors (Lipinski definition) is 4. The van der Waals surface area contributed by atoms with Crippen molar-refractivity contribution in [3.05, 3.63) is 29.8 Å². The van der Waals surface area contributed by atoms with Crippen LogP contribution in [0.5, 0.6) is 0 Å². The summed E-state index contributed by atoms with van der Waals surface area (Å²) >= 11 is 0.